The van der Waals surface area contributed by atoms with Crippen molar-refractivity contribution >= 4 is 24.5 Å². The fraction of sp³-hybridized carbons (Fsp3) is 0.400. The van der Waals surface area contributed by atoms with E-state index in [1.807, 2.05) is 0 Å². The summed E-state index contributed by atoms with van der Waals surface area (Å²) < 4.78 is 48.6. The lowest BCUT2D eigenvalue weighted by atomic mass is 9.75. The Kier molecular flexibility index (Phi) is 6.84. The van der Waals surface area contributed by atoms with Crippen molar-refractivity contribution in [1.29, 1.82) is 0 Å². The van der Waals surface area contributed by atoms with Crippen LogP contribution in [0.3, 0.4) is 0 Å². The van der Waals surface area contributed by atoms with Gasteiger partial charge in [0, 0.05) is 11.8 Å². The third-order valence-electron chi connectivity index (χ3n) is 5.04. The van der Waals surface area contributed by atoms with Crippen molar-refractivity contribution in [1.82, 2.24) is 15.3 Å². The first-order valence-corrected chi connectivity index (χ1v) is 9.77. The van der Waals surface area contributed by atoms with Crippen molar-refractivity contribution in [3.05, 3.63) is 52.6 Å². The van der Waals surface area contributed by atoms with Crippen LogP contribution in [0.5, 0.6) is 0 Å². The highest BCUT2D eigenvalue weighted by Crippen LogP contribution is 2.27. The van der Waals surface area contributed by atoms with Crippen molar-refractivity contribution in [2.24, 2.45) is 5.92 Å². The van der Waals surface area contributed by atoms with Crippen molar-refractivity contribution in [2.45, 2.75) is 46.2 Å². The van der Waals surface area contributed by atoms with E-state index in [4.69, 9.17) is 9.39 Å². The second-order valence-corrected chi connectivity index (χ2v) is 7.63. The Labute approximate surface area is 182 Å². The third-order valence-corrected chi connectivity index (χ3v) is 5.04. The van der Waals surface area contributed by atoms with Crippen LogP contribution in [0.2, 0.25) is 0 Å². The van der Waals surface area contributed by atoms with Crippen molar-refractivity contribution in [3.63, 3.8) is 0 Å². The summed E-state index contributed by atoms with van der Waals surface area (Å²) in [5.74, 6) is -2.09. The molecule has 0 radical (unpaired) electrons. The van der Waals surface area contributed by atoms with Gasteiger partial charge in [0.1, 0.15) is 11.7 Å². The average molecular weight is 451 g/mol. The normalized spacial score (nSPS) is 14.3. The molecule has 1 amide bonds. The molecule has 8 nitrogen and oxygen atoms in total. The number of amides is 1. The summed E-state index contributed by atoms with van der Waals surface area (Å²) in [5.41, 5.74) is 0.923. The van der Waals surface area contributed by atoms with Crippen molar-refractivity contribution in [3.8, 4) is 0 Å². The fourth-order valence-electron chi connectivity index (χ4n) is 3.32. The number of hydrogen-bond donors (Lipinski definition) is 2. The number of nitrogens with zero attached hydrogens (tertiary/aromatic N) is 2. The maximum Gasteiger partial charge on any atom is 0.492 e. The molecule has 0 saturated heterocycles. The number of alkyl halides is 3. The summed E-state index contributed by atoms with van der Waals surface area (Å²) in [6, 6.07) is 2.89. The average Bonchev–Trinajstić information content (AvgIpc) is 3.11. The third kappa shape index (κ3) is 5.08. The molecule has 1 aliphatic heterocycles. The number of nitrogens with one attached hydrogen (secondary N) is 1. The van der Waals surface area contributed by atoms with Gasteiger partial charge in [-0.3, -0.25) is 4.79 Å². The number of rotatable bonds is 6. The van der Waals surface area contributed by atoms with Gasteiger partial charge in [-0.2, -0.15) is 13.2 Å². The minimum Gasteiger partial charge on any atom is -0.456 e. The largest absolute Gasteiger partial charge is 0.492 e. The van der Waals surface area contributed by atoms with E-state index in [2.05, 4.69) is 15.3 Å². The van der Waals surface area contributed by atoms with Gasteiger partial charge in [-0.05, 0) is 41.6 Å². The van der Waals surface area contributed by atoms with Gasteiger partial charge < -0.3 is 19.7 Å². The van der Waals surface area contributed by atoms with E-state index in [1.54, 1.807) is 32.9 Å². The highest BCUT2D eigenvalue weighted by atomic mass is 19.4. The molecule has 2 N–H and O–H groups in total. The molecule has 170 valence electrons. The Morgan fingerprint density at radius 3 is 2.69 bits per heavy atom. The smallest absolute Gasteiger partial charge is 0.456 e. The molecule has 0 fully saturated rings. The van der Waals surface area contributed by atoms with Crippen LogP contribution in [-0.2, 0) is 33.6 Å². The Balaban J connectivity index is 1.70. The zero-order chi connectivity index (χ0) is 23.6. The molecule has 1 aromatic heterocycles. The number of benzene rings is 1. The lowest BCUT2D eigenvalue weighted by molar-refractivity contribution is -0.148. The number of carbonyl (C=O) groups is 2. The maximum absolute atomic E-state index is 12.8. The number of esters is 1. The molecule has 0 bridgehead atoms. The second kappa shape index (κ2) is 9.25. The van der Waals surface area contributed by atoms with Crippen LogP contribution in [0.4, 0.5) is 13.2 Å². The molecule has 2 heterocycles. The van der Waals surface area contributed by atoms with E-state index in [0.717, 1.165) is 11.8 Å². The molecule has 1 atom stereocenters. The Morgan fingerprint density at radius 1 is 1.31 bits per heavy atom. The summed E-state index contributed by atoms with van der Waals surface area (Å²) in [5, 5.41) is 12.6. The van der Waals surface area contributed by atoms with Crippen LogP contribution in [-0.4, -0.2) is 40.0 Å². The SMILES string of the molecule is Cc1c(C(=O)N[C@H](C(=O)OCc2nccc(C(F)(F)F)n2)C(C)C)ccc2c1B(O)OC2. The molecule has 0 unspecified atom stereocenters. The Hall–Kier alpha value is -2.99. The monoisotopic (exact) mass is 451 g/mol. The predicted octanol–water partition coefficient (Wildman–Crippen LogP) is 1.52. The van der Waals surface area contributed by atoms with Gasteiger partial charge in [-0.1, -0.05) is 19.9 Å². The van der Waals surface area contributed by atoms with Gasteiger partial charge in [0.15, 0.2) is 12.4 Å². The number of ether oxygens (including phenoxy) is 1. The maximum atomic E-state index is 12.8. The number of carbonyl (C=O) groups excluding carboxylic acids is 2. The predicted molar refractivity (Wildman–Crippen MR) is 106 cm³/mol. The van der Waals surface area contributed by atoms with E-state index < -0.39 is 43.5 Å². The van der Waals surface area contributed by atoms with Gasteiger partial charge in [0.2, 0.25) is 0 Å². The molecule has 1 aliphatic rings. The molecule has 32 heavy (non-hydrogen) atoms. The molecular weight excluding hydrogens is 430 g/mol. The summed E-state index contributed by atoms with van der Waals surface area (Å²) >= 11 is 0. The van der Waals surface area contributed by atoms with Crippen molar-refractivity contribution < 1.29 is 37.2 Å². The molecule has 2 aromatic rings. The summed E-state index contributed by atoms with van der Waals surface area (Å²) in [4.78, 5) is 32.4. The Bertz CT molecular complexity index is 1030. The van der Waals surface area contributed by atoms with E-state index in [-0.39, 0.29) is 23.9 Å². The highest BCUT2D eigenvalue weighted by Gasteiger charge is 2.34. The standard InChI is InChI=1S/C20H21BF3N3O5/c1-10(2)17(19(29)31-9-15-25-7-6-14(26-15)20(22,23)24)27-18(28)13-5-4-12-8-32-21(30)16(12)11(13)3/h4-7,10,17,30H,8-9H2,1-3H3,(H,27,28)/t17-/m0/s1. The number of halogens is 3. The molecule has 0 saturated carbocycles. The lowest BCUT2D eigenvalue weighted by Gasteiger charge is -2.21. The number of fused-ring (bicyclic) bond motifs is 1. The number of aromatic nitrogens is 2. The van der Waals surface area contributed by atoms with Crippen LogP contribution in [0.25, 0.3) is 0 Å². The van der Waals surface area contributed by atoms with Crippen LogP contribution < -0.4 is 10.8 Å². The van der Waals surface area contributed by atoms with E-state index >= 15 is 0 Å². The number of hydrogen-bond acceptors (Lipinski definition) is 7. The lowest BCUT2D eigenvalue weighted by Crippen LogP contribution is -2.46. The quantitative estimate of drug-likeness (QED) is 0.506. The first-order chi connectivity index (χ1) is 15.0. The van der Waals surface area contributed by atoms with Gasteiger partial charge in [-0.25, -0.2) is 14.8 Å². The summed E-state index contributed by atoms with van der Waals surface area (Å²) in [6.07, 6.45) is -3.72. The van der Waals surface area contributed by atoms with Crippen LogP contribution in [0.1, 0.15) is 46.9 Å². The molecular formula is C20H21BF3N3O5. The van der Waals surface area contributed by atoms with Crippen LogP contribution >= 0.6 is 0 Å². The fourth-order valence-corrected chi connectivity index (χ4v) is 3.32. The van der Waals surface area contributed by atoms with Crippen molar-refractivity contribution in [2.75, 3.05) is 0 Å². The highest BCUT2D eigenvalue weighted by molar-refractivity contribution is 6.62. The van der Waals surface area contributed by atoms with Gasteiger partial charge >= 0.3 is 19.3 Å². The van der Waals surface area contributed by atoms with E-state index in [1.165, 1.54) is 0 Å². The zero-order valence-corrected chi connectivity index (χ0v) is 17.6. The minimum absolute atomic E-state index is 0.234. The molecule has 3 rings (SSSR count). The Morgan fingerprint density at radius 2 is 2.03 bits per heavy atom. The summed E-state index contributed by atoms with van der Waals surface area (Å²) in [6.45, 7) is 4.68. The van der Waals surface area contributed by atoms with Gasteiger partial charge in [0.25, 0.3) is 5.91 Å². The first kappa shape index (κ1) is 23.7. The second-order valence-electron chi connectivity index (χ2n) is 7.63. The molecule has 12 heteroatoms. The van der Waals surface area contributed by atoms with Gasteiger partial charge in [0.05, 0.1) is 6.61 Å². The minimum atomic E-state index is -4.65. The van der Waals surface area contributed by atoms with Crippen LogP contribution in [0, 0.1) is 12.8 Å². The van der Waals surface area contributed by atoms with Gasteiger partial charge in [-0.15, -0.1) is 0 Å². The zero-order valence-electron chi connectivity index (χ0n) is 17.6. The topological polar surface area (TPSA) is 111 Å². The first-order valence-electron chi connectivity index (χ1n) is 9.77. The summed E-state index contributed by atoms with van der Waals surface area (Å²) in [7, 11) is -1.13. The molecule has 0 aliphatic carbocycles. The van der Waals surface area contributed by atoms with E-state index in [0.29, 0.717) is 17.1 Å². The van der Waals surface area contributed by atoms with E-state index in [9.17, 15) is 27.8 Å². The molecule has 0 spiro atoms. The van der Waals surface area contributed by atoms with Crippen LogP contribution in [0.15, 0.2) is 24.4 Å². The molecule has 1 aromatic carbocycles.